The molecule has 7 heteroatoms. The summed E-state index contributed by atoms with van der Waals surface area (Å²) in [7, 11) is 0. The number of hydrogen-bond donors (Lipinski definition) is 0. The molecule has 0 spiro atoms. The van der Waals surface area contributed by atoms with Gasteiger partial charge >= 0.3 is 0 Å². The molecule has 0 N–H and O–H groups in total. The molecule has 2 atom stereocenters. The van der Waals surface area contributed by atoms with Crippen molar-refractivity contribution in [2.75, 3.05) is 0 Å². The lowest BCUT2D eigenvalue weighted by Gasteiger charge is -2.39. The summed E-state index contributed by atoms with van der Waals surface area (Å²) in [6.45, 7) is 3.69. The zero-order valence-electron chi connectivity index (χ0n) is 11.8. The molecule has 0 bridgehead atoms. The molecule has 2 rings (SSSR count). The van der Waals surface area contributed by atoms with Gasteiger partial charge in [0.15, 0.2) is 11.6 Å². The van der Waals surface area contributed by atoms with Crippen LogP contribution in [0.1, 0.15) is 43.5 Å². The molecular formula is C14H16F2N2O3. The Labute approximate surface area is 120 Å². The summed E-state index contributed by atoms with van der Waals surface area (Å²) in [6, 6.07) is 0.897. The summed E-state index contributed by atoms with van der Waals surface area (Å²) in [4.78, 5) is 24.2. The summed E-state index contributed by atoms with van der Waals surface area (Å²) in [5.41, 5.74) is -1.11. The molecule has 0 radical (unpaired) electrons. The Morgan fingerprint density at radius 3 is 2.29 bits per heavy atom. The maximum absolute atomic E-state index is 13.4. The third kappa shape index (κ3) is 2.86. The van der Waals surface area contributed by atoms with Gasteiger partial charge in [-0.05, 0) is 39.2 Å². The first-order chi connectivity index (χ1) is 9.82. The molecule has 1 saturated heterocycles. The van der Waals surface area contributed by atoms with Gasteiger partial charge in [0.25, 0.3) is 11.6 Å². The zero-order chi connectivity index (χ0) is 15.7. The van der Waals surface area contributed by atoms with Crippen molar-refractivity contribution in [1.82, 2.24) is 4.90 Å². The number of nitrogens with zero attached hydrogens (tertiary/aromatic N) is 2. The van der Waals surface area contributed by atoms with Crippen LogP contribution in [0.5, 0.6) is 0 Å². The van der Waals surface area contributed by atoms with Crippen molar-refractivity contribution in [3.05, 3.63) is 39.4 Å². The van der Waals surface area contributed by atoms with Crippen LogP contribution in [0.2, 0.25) is 0 Å². The molecular weight excluding hydrogens is 282 g/mol. The Bertz CT molecular complexity index is 582. The van der Waals surface area contributed by atoms with E-state index in [0.29, 0.717) is 12.1 Å². The van der Waals surface area contributed by atoms with Gasteiger partial charge in [0.05, 0.1) is 11.0 Å². The van der Waals surface area contributed by atoms with Crippen LogP contribution in [0, 0.1) is 21.7 Å². The minimum Gasteiger partial charge on any atom is -0.333 e. The van der Waals surface area contributed by atoms with Gasteiger partial charge < -0.3 is 4.90 Å². The summed E-state index contributed by atoms with van der Waals surface area (Å²) < 4.78 is 26.6. The van der Waals surface area contributed by atoms with Crippen molar-refractivity contribution < 1.29 is 18.5 Å². The van der Waals surface area contributed by atoms with E-state index in [-0.39, 0.29) is 12.1 Å². The Morgan fingerprint density at radius 2 is 1.76 bits per heavy atom. The number of halogens is 2. The number of benzene rings is 1. The average Bonchev–Trinajstić information content (AvgIpc) is 2.40. The normalized spacial score (nSPS) is 22.2. The highest BCUT2D eigenvalue weighted by molar-refractivity contribution is 5.98. The first-order valence-electron chi connectivity index (χ1n) is 6.79. The Hall–Kier alpha value is -2.05. The lowest BCUT2D eigenvalue weighted by atomic mass is 9.96. The van der Waals surface area contributed by atoms with Gasteiger partial charge in [0.1, 0.15) is 5.56 Å². The van der Waals surface area contributed by atoms with Crippen molar-refractivity contribution in [3.63, 3.8) is 0 Å². The smallest absolute Gasteiger partial charge is 0.285 e. The van der Waals surface area contributed by atoms with E-state index in [2.05, 4.69) is 0 Å². The van der Waals surface area contributed by atoms with Crippen molar-refractivity contribution in [3.8, 4) is 0 Å². The van der Waals surface area contributed by atoms with Gasteiger partial charge in [-0.2, -0.15) is 0 Å². The molecule has 1 aliphatic heterocycles. The van der Waals surface area contributed by atoms with E-state index < -0.39 is 33.7 Å². The second-order valence-corrected chi connectivity index (χ2v) is 5.38. The van der Waals surface area contributed by atoms with Crippen LogP contribution in [0.15, 0.2) is 12.1 Å². The van der Waals surface area contributed by atoms with Crippen LogP contribution in [-0.2, 0) is 0 Å². The van der Waals surface area contributed by atoms with Crippen LogP contribution in [0.4, 0.5) is 14.5 Å². The van der Waals surface area contributed by atoms with Gasteiger partial charge in [0.2, 0.25) is 0 Å². The van der Waals surface area contributed by atoms with Crippen molar-refractivity contribution in [2.24, 2.45) is 0 Å². The van der Waals surface area contributed by atoms with Crippen LogP contribution in [0.25, 0.3) is 0 Å². The Morgan fingerprint density at radius 1 is 1.24 bits per heavy atom. The molecule has 1 amide bonds. The minimum absolute atomic E-state index is 0.0889. The average molecular weight is 298 g/mol. The quantitative estimate of drug-likeness (QED) is 0.621. The molecule has 1 aromatic carbocycles. The lowest BCUT2D eigenvalue weighted by Crippen LogP contribution is -2.47. The fraction of sp³-hybridized carbons (Fsp3) is 0.500. The van der Waals surface area contributed by atoms with Crippen LogP contribution < -0.4 is 0 Å². The van der Waals surface area contributed by atoms with E-state index in [0.717, 1.165) is 19.3 Å². The molecule has 1 fully saturated rings. The molecule has 0 aliphatic carbocycles. The maximum atomic E-state index is 13.4. The number of likely N-dealkylation sites (tertiary alicyclic amines) is 1. The third-order valence-corrected chi connectivity index (χ3v) is 3.89. The van der Waals surface area contributed by atoms with Gasteiger partial charge in [-0.1, -0.05) is 0 Å². The molecule has 0 saturated carbocycles. The molecule has 114 valence electrons. The predicted octanol–water partition coefficient (Wildman–Crippen LogP) is 3.28. The fourth-order valence-electron chi connectivity index (χ4n) is 2.82. The minimum atomic E-state index is -1.34. The number of hydrogen-bond acceptors (Lipinski definition) is 3. The highest BCUT2D eigenvalue weighted by Gasteiger charge is 2.34. The first-order valence-corrected chi connectivity index (χ1v) is 6.79. The van der Waals surface area contributed by atoms with Gasteiger partial charge in [0, 0.05) is 12.1 Å². The predicted molar refractivity (Wildman–Crippen MR) is 72.0 cm³/mol. The second kappa shape index (κ2) is 5.75. The number of nitro groups is 1. The summed E-state index contributed by atoms with van der Waals surface area (Å²) in [6.07, 6.45) is 2.53. The standard InChI is InChI=1S/C14H16F2N2O3/c1-8-4-3-5-9(2)17(8)14(19)10-6-11(15)12(16)7-13(10)18(20)21/h6-9H,3-5H2,1-2H3. The van der Waals surface area contributed by atoms with E-state index in [1.807, 2.05) is 13.8 Å². The lowest BCUT2D eigenvalue weighted by molar-refractivity contribution is -0.385. The zero-order valence-corrected chi connectivity index (χ0v) is 11.8. The van der Waals surface area contributed by atoms with E-state index >= 15 is 0 Å². The van der Waals surface area contributed by atoms with Crippen LogP contribution in [-0.4, -0.2) is 27.8 Å². The number of rotatable bonds is 2. The number of carbonyl (C=O) groups is 1. The third-order valence-electron chi connectivity index (χ3n) is 3.89. The Balaban J connectivity index is 2.47. The molecule has 1 aromatic rings. The SMILES string of the molecule is CC1CCCC(C)N1C(=O)c1cc(F)c(F)cc1[N+](=O)[O-]. The Kier molecular flexibility index (Phi) is 4.20. The second-order valence-electron chi connectivity index (χ2n) is 5.38. The largest absolute Gasteiger partial charge is 0.333 e. The molecule has 1 aliphatic rings. The van der Waals surface area contributed by atoms with Crippen molar-refractivity contribution in [1.29, 1.82) is 0 Å². The van der Waals surface area contributed by atoms with Crippen LogP contribution in [0.3, 0.4) is 0 Å². The molecule has 1 heterocycles. The number of carbonyl (C=O) groups excluding carboxylic acids is 1. The maximum Gasteiger partial charge on any atom is 0.285 e. The van der Waals surface area contributed by atoms with Gasteiger partial charge in [-0.3, -0.25) is 14.9 Å². The van der Waals surface area contributed by atoms with E-state index in [1.165, 1.54) is 4.90 Å². The molecule has 2 unspecified atom stereocenters. The van der Waals surface area contributed by atoms with Crippen molar-refractivity contribution in [2.45, 2.75) is 45.2 Å². The van der Waals surface area contributed by atoms with E-state index in [4.69, 9.17) is 0 Å². The van der Waals surface area contributed by atoms with Crippen LogP contribution >= 0.6 is 0 Å². The molecule has 5 nitrogen and oxygen atoms in total. The summed E-state index contributed by atoms with van der Waals surface area (Å²) >= 11 is 0. The number of amides is 1. The summed E-state index contributed by atoms with van der Waals surface area (Å²) in [5.74, 6) is -3.22. The first kappa shape index (κ1) is 15.3. The number of nitro benzene ring substituents is 1. The summed E-state index contributed by atoms with van der Waals surface area (Å²) in [5, 5.41) is 11.0. The van der Waals surface area contributed by atoms with E-state index in [1.54, 1.807) is 0 Å². The topological polar surface area (TPSA) is 63.5 Å². The number of piperidine rings is 1. The highest BCUT2D eigenvalue weighted by Crippen LogP contribution is 2.29. The molecule has 21 heavy (non-hydrogen) atoms. The molecule has 0 aromatic heterocycles. The van der Waals surface area contributed by atoms with Gasteiger partial charge in [-0.15, -0.1) is 0 Å². The fourth-order valence-corrected chi connectivity index (χ4v) is 2.82. The van der Waals surface area contributed by atoms with Crippen molar-refractivity contribution >= 4 is 11.6 Å². The monoisotopic (exact) mass is 298 g/mol. The van der Waals surface area contributed by atoms with E-state index in [9.17, 15) is 23.7 Å². The highest BCUT2D eigenvalue weighted by atomic mass is 19.2. The van der Waals surface area contributed by atoms with Gasteiger partial charge in [-0.25, -0.2) is 8.78 Å².